The van der Waals surface area contributed by atoms with E-state index in [9.17, 15) is 0 Å². The van der Waals surface area contributed by atoms with Crippen molar-refractivity contribution in [2.24, 2.45) is 5.92 Å². The van der Waals surface area contributed by atoms with Crippen LogP contribution in [0.15, 0.2) is 12.4 Å². The normalized spacial score (nSPS) is 15.3. The first kappa shape index (κ1) is 10.4. The molecule has 4 heteroatoms. The van der Waals surface area contributed by atoms with Gasteiger partial charge < -0.3 is 10.1 Å². The average molecular weight is 207 g/mol. The van der Waals surface area contributed by atoms with Crippen molar-refractivity contribution >= 4 is 5.82 Å². The first-order valence-corrected chi connectivity index (χ1v) is 5.51. The third-order valence-corrected chi connectivity index (χ3v) is 2.45. The minimum absolute atomic E-state index is 0.567. The summed E-state index contributed by atoms with van der Waals surface area (Å²) in [4.78, 5) is 8.31. The van der Waals surface area contributed by atoms with Gasteiger partial charge >= 0.3 is 0 Å². The maximum Gasteiger partial charge on any atom is 0.129 e. The van der Waals surface area contributed by atoms with Crippen molar-refractivity contribution in [3.05, 3.63) is 18.1 Å². The molecule has 0 aromatic carbocycles. The molecule has 4 nitrogen and oxygen atoms in total. The van der Waals surface area contributed by atoms with Crippen LogP contribution in [0.2, 0.25) is 0 Å². The number of nitrogens with zero attached hydrogens (tertiary/aromatic N) is 2. The van der Waals surface area contributed by atoms with Crippen LogP contribution in [0.3, 0.4) is 0 Å². The number of hydrogen-bond donors (Lipinski definition) is 1. The van der Waals surface area contributed by atoms with E-state index in [1.807, 2.05) is 13.0 Å². The van der Waals surface area contributed by atoms with Gasteiger partial charge in [0.05, 0.1) is 12.3 Å². The number of aromatic nitrogens is 2. The molecule has 0 radical (unpaired) electrons. The van der Waals surface area contributed by atoms with Crippen molar-refractivity contribution in [1.29, 1.82) is 0 Å². The van der Waals surface area contributed by atoms with Crippen LogP contribution in [-0.2, 0) is 11.3 Å². The lowest BCUT2D eigenvalue weighted by molar-refractivity contribution is 0.131. The van der Waals surface area contributed by atoms with E-state index in [0.29, 0.717) is 6.61 Å². The molecule has 1 aromatic rings. The smallest absolute Gasteiger partial charge is 0.129 e. The van der Waals surface area contributed by atoms with Crippen LogP contribution in [0.5, 0.6) is 0 Å². The Morgan fingerprint density at radius 2 is 2.33 bits per heavy atom. The molecule has 0 aliphatic heterocycles. The first-order valence-electron chi connectivity index (χ1n) is 5.51. The average Bonchev–Trinajstić information content (AvgIpc) is 3.08. The Balaban J connectivity index is 1.85. The fourth-order valence-corrected chi connectivity index (χ4v) is 1.35. The zero-order valence-corrected chi connectivity index (χ0v) is 9.07. The standard InChI is InChI=1S/C11H17N3O/c1-2-15-7-10-5-11(14-8-13-10)12-6-9-3-4-9/h5,8-9H,2-4,6-7H2,1H3,(H,12,13,14). The van der Waals surface area contributed by atoms with E-state index >= 15 is 0 Å². The highest BCUT2D eigenvalue weighted by Crippen LogP contribution is 2.28. The van der Waals surface area contributed by atoms with Crippen LogP contribution in [-0.4, -0.2) is 23.1 Å². The summed E-state index contributed by atoms with van der Waals surface area (Å²) in [5.41, 5.74) is 0.935. The second-order valence-electron chi connectivity index (χ2n) is 3.86. The van der Waals surface area contributed by atoms with Crippen molar-refractivity contribution in [3.63, 3.8) is 0 Å². The largest absolute Gasteiger partial charge is 0.375 e. The molecule has 1 aliphatic rings. The van der Waals surface area contributed by atoms with E-state index in [1.165, 1.54) is 12.8 Å². The Morgan fingerprint density at radius 1 is 1.47 bits per heavy atom. The van der Waals surface area contributed by atoms with E-state index in [4.69, 9.17) is 4.74 Å². The van der Waals surface area contributed by atoms with Crippen LogP contribution in [0, 0.1) is 5.92 Å². The molecule has 1 saturated carbocycles. The predicted octanol–water partition coefficient (Wildman–Crippen LogP) is 1.83. The summed E-state index contributed by atoms with van der Waals surface area (Å²) in [6.45, 7) is 4.30. The summed E-state index contributed by atoms with van der Waals surface area (Å²) in [5.74, 6) is 1.77. The number of ether oxygens (including phenoxy) is 1. The zero-order valence-electron chi connectivity index (χ0n) is 9.07. The molecule has 1 heterocycles. The number of nitrogens with one attached hydrogen (secondary N) is 1. The first-order chi connectivity index (χ1) is 7.38. The molecule has 0 bridgehead atoms. The summed E-state index contributed by atoms with van der Waals surface area (Å²) in [7, 11) is 0. The Bertz CT molecular complexity index is 312. The van der Waals surface area contributed by atoms with E-state index in [2.05, 4.69) is 15.3 Å². The van der Waals surface area contributed by atoms with Gasteiger partial charge in [0.1, 0.15) is 12.1 Å². The molecule has 0 saturated heterocycles. The van der Waals surface area contributed by atoms with Gasteiger partial charge in [-0.3, -0.25) is 0 Å². The quantitative estimate of drug-likeness (QED) is 0.773. The predicted molar refractivity (Wildman–Crippen MR) is 58.6 cm³/mol. The third kappa shape index (κ3) is 3.47. The van der Waals surface area contributed by atoms with E-state index < -0.39 is 0 Å². The molecule has 1 aromatic heterocycles. The highest BCUT2D eigenvalue weighted by molar-refractivity contribution is 5.34. The monoisotopic (exact) mass is 207 g/mol. The molecular weight excluding hydrogens is 190 g/mol. The Hall–Kier alpha value is -1.16. The Morgan fingerprint density at radius 3 is 3.07 bits per heavy atom. The molecule has 15 heavy (non-hydrogen) atoms. The van der Waals surface area contributed by atoms with Gasteiger partial charge in [-0.25, -0.2) is 9.97 Å². The number of hydrogen-bond acceptors (Lipinski definition) is 4. The van der Waals surface area contributed by atoms with E-state index in [1.54, 1.807) is 6.33 Å². The second-order valence-corrected chi connectivity index (χ2v) is 3.86. The molecule has 0 atom stereocenters. The minimum Gasteiger partial charge on any atom is -0.375 e. The molecule has 0 unspecified atom stereocenters. The Kier molecular flexibility index (Phi) is 3.50. The molecule has 0 spiro atoms. The number of anilines is 1. The molecule has 2 rings (SSSR count). The van der Waals surface area contributed by atoms with Crippen molar-refractivity contribution in [2.75, 3.05) is 18.5 Å². The van der Waals surface area contributed by atoms with Crippen molar-refractivity contribution in [2.45, 2.75) is 26.4 Å². The fraction of sp³-hybridized carbons (Fsp3) is 0.636. The minimum atomic E-state index is 0.567. The lowest BCUT2D eigenvalue weighted by atomic mass is 10.4. The van der Waals surface area contributed by atoms with Crippen molar-refractivity contribution < 1.29 is 4.74 Å². The molecule has 1 aliphatic carbocycles. The van der Waals surface area contributed by atoms with Crippen LogP contribution < -0.4 is 5.32 Å². The van der Waals surface area contributed by atoms with Gasteiger partial charge in [0.15, 0.2) is 0 Å². The van der Waals surface area contributed by atoms with Gasteiger partial charge in [0, 0.05) is 19.2 Å². The lowest BCUT2D eigenvalue weighted by Gasteiger charge is -2.05. The highest BCUT2D eigenvalue weighted by atomic mass is 16.5. The van der Waals surface area contributed by atoms with Gasteiger partial charge in [-0.2, -0.15) is 0 Å². The molecular formula is C11H17N3O. The molecule has 82 valence electrons. The summed E-state index contributed by atoms with van der Waals surface area (Å²) in [6, 6.07) is 1.96. The highest BCUT2D eigenvalue weighted by Gasteiger charge is 2.20. The summed E-state index contributed by atoms with van der Waals surface area (Å²) >= 11 is 0. The molecule has 1 fully saturated rings. The maximum absolute atomic E-state index is 5.29. The number of rotatable bonds is 6. The van der Waals surface area contributed by atoms with Gasteiger partial charge in [-0.05, 0) is 25.7 Å². The summed E-state index contributed by atoms with van der Waals surface area (Å²) in [6.07, 6.45) is 4.29. The van der Waals surface area contributed by atoms with Crippen molar-refractivity contribution in [3.8, 4) is 0 Å². The van der Waals surface area contributed by atoms with Crippen LogP contribution in [0.1, 0.15) is 25.5 Å². The molecule has 1 N–H and O–H groups in total. The Labute approximate surface area is 90.1 Å². The zero-order chi connectivity index (χ0) is 10.5. The second kappa shape index (κ2) is 5.07. The lowest BCUT2D eigenvalue weighted by Crippen LogP contribution is -2.06. The third-order valence-electron chi connectivity index (χ3n) is 2.45. The summed E-state index contributed by atoms with van der Waals surface area (Å²) < 4.78 is 5.29. The molecule has 0 amide bonds. The van der Waals surface area contributed by atoms with Gasteiger partial charge in [-0.1, -0.05) is 0 Å². The van der Waals surface area contributed by atoms with E-state index in [-0.39, 0.29) is 0 Å². The fourth-order valence-electron chi connectivity index (χ4n) is 1.35. The van der Waals surface area contributed by atoms with Crippen LogP contribution in [0.25, 0.3) is 0 Å². The van der Waals surface area contributed by atoms with Gasteiger partial charge in [-0.15, -0.1) is 0 Å². The van der Waals surface area contributed by atoms with Gasteiger partial charge in [0.25, 0.3) is 0 Å². The SMILES string of the molecule is CCOCc1cc(NCC2CC2)ncn1. The summed E-state index contributed by atoms with van der Waals surface area (Å²) in [5, 5.41) is 3.32. The van der Waals surface area contributed by atoms with Crippen molar-refractivity contribution in [1.82, 2.24) is 9.97 Å². The maximum atomic E-state index is 5.29. The topological polar surface area (TPSA) is 47.0 Å². The van der Waals surface area contributed by atoms with Crippen LogP contribution in [0.4, 0.5) is 5.82 Å². The van der Waals surface area contributed by atoms with Gasteiger partial charge in [0.2, 0.25) is 0 Å². The van der Waals surface area contributed by atoms with Crippen LogP contribution >= 0.6 is 0 Å². The van der Waals surface area contributed by atoms with E-state index in [0.717, 1.165) is 30.6 Å².